The Labute approximate surface area is 77.5 Å². The summed E-state index contributed by atoms with van der Waals surface area (Å²) >= 11 is 0. The Balaban J connectivity index is 2.33. The van der Waals surface area contributed by atoms with E-state index in [1.165, 1.54) is 0 Å². The predicted octanol–water partition coefficient (Wildman–Crippen LogP) is 2.17. The van der Waals surface area contributed by atoms with Gasteiger partial charge in [-0.15, -0.1) is 0 Å². The third kappa shape index (κ3) is 1.44. The van der Waals surface area contributed by atoms with Gasteiger partial charge in [-0.25, -0.2) is 0 Å². The molecule has 0 aliphatic carbocycles. The normalized spacial score (nSPS) is 20.7. The van der Waals surface area contributed by atoms with Crippen LogP contribution in [0.4, 0.5) is 0 Å². The van der Waals surface area contributed by atoms with Gasteiger partial charge in [-0.1, -0.05) is 25.1 Å². The zero-order valence-electron chi connectivity index (χ0n) is 7.62. The van der Waals surface area contributed by atoms with Crippen LogP contribution in [0, 0.1) is 5.92 Å². The molecule has 0 saturated heterocycles. The quantitative estimate of drug-likeness (QED) is 0.484. The highest BCUT2D eigenvalue weighted by Gasteiger charge is 2.26. The van der Waals surface area contributed by atoms with Gasteiger partial charge in [-0.3, -0.25) is 4.79 Å². The average Bonchev–Trinajstić information content (AvgIpc) is 2.17. The monoisotopic (exact) mass is 176 g/mol. The fourth-order valence-electron chi connectivity index (χ4n) is 1.62. The van der Waals surface area contributed by atoms with Crippen molar-refractivity contribution in [3.63, 3.8) is 0 Å². The summed E-state index contributed by atoms with van der Waals surface area (Å²) in [6.07, 6.45) is 1.68. The maximum Gasteiger partial charge on any atom is 0.314 e. The zero-order valence-corrected chi connectivity index (χ0v) is 7.62. The van der Waals surface area contributed by atoms with Crippen LogP contribution in [0.25, 0.3) is 0 Å². The van der Waals surface area contributed by atoms with Crippen molar-refractivity contribution in [2.75, 3.05) is 0 Å². The van der Waals surface area contributed by atoms with Gasteiger partial charge in [-0.05, 0) is 24.5 Å². The number of carbonyl (C=O) groups is 1. The standard InChI is InChI=1S/C11H12O2/c1-2-8-7-9-5-3-4-6-10(9)13-11(8)12/h3-6,8H,2,7H2,1H3/t8-/m0/s1. The molecule has 0 amide bonds. The van der Waals surface area contributed by atoms with E-state index in [-0.39, 0.29) is 11.9 Å². The van der Waals surface area contributed by atoms with Crippen LogP contribution < -0.4 is 4.74 Å². The number of ether oxygens (including phenoxy) is 1. The van der Waals surface area contributed by atoms with Gasteiger partial charge in [0.05, 0.1) is 5.92 Å². The lowest BCUT2D eigenvalue weighted by Crippen LogP contribution is -2.26. The first-order valence-electron chi connectivity index (χ1n) is 4.61. The van der Waals surface area contributed by atoms with E-state index in [4.69, 9.17) is 4.74 Å². The molecule has 2 rings (SSSR count). The Bertz CT molecular complexity index is 331. The zero-order chi connectivity index (χ0) is 9.26. The molecule has 1 aromatic rings. The summed E-state index contributed by atoms with van der Waals surface area (Å²) in [6.45, 7) is 2.01. The number of carbonyl (C=O) groups excluding carboxylic acids is 1. The molecule has 13 heavy (non-hydrogen) atoms. The van der Waals surface area contributed by atoms with Crippen molar-refractivity contribution in [2.45, 2.75) is 19.8 Å². The van der Waals surface area contributed by atoms with E-state index < -0.39 is 0 Å². The van der Waals surface area contributed by atoms with Crippen LogP contribution in [-0.2, 0) is 11.2 Å². The summed E-state index contributed by atoms with van der Waals surface area (Å²) in [5.41, 5.74) is 1.15. The molecular formula is C11H12O2. The van der Waals surface area contributed by atoms with Crippen molar-refractivity contribution in [1.82, 2.24) is 0 Å². The minimum atomic E-state index is -0.0822. The number of benzene rings is 1. The van der Waals surface area contributed by atoms with Gasteiger partial charge in [0.2, 0.25) is 0 Å². The minimum absolute atomic E-state index is 0.0508. The van der Waals surface area contributed by atoms with Crippen molar-refractivity contribution >= 4 is 5.97 Å². The molecule has 0 unspecified atom stereocenters. The lowest BCUT2D eigenvalue weighted by atomic mass is 9.94. The Morgan fingerprint density at radius 1 is 1.46 bits per heavy atom. The second-order valence-electron chi connectivity index (χ2n) is 3.34. The molecule has 2 nitrogen and oxygen atoms in total. The summed E-state index contributed by atoms with van der Waals surface area (Å²) in [5, 5.41) is 0. The Morgan fingerprint density at radius 2 is 2.23 bits per heavy atom. The average molecular weight is 176 g/mol. The number of fused-ring (bicyclic) bond motifs is 1. The minimum Gasteiger partial charge on any atom is -0.426 e. The Hall–Kier alpha value is -1.31. The second kappa shape index (κ2) is 3.21. The number of hydrogen-bond donors (Lipinski definition) is 0. The van der Waals surface area contributed by atoms with E-state index in [0.29, 0.717) is 0 Å². The van der Waals surface area contributed by atoms with Crippen LogP contribution in [0.2, 0.25) is 0 Å². The van der Waals surface area contributed by atoms with Crippen LogP contribution in [0.15, 0.2) is 24.3 Å². The highest BCUT2D eigenvalue weighted by Crippen LogP contribution is 2.28. The van der Waals surface area contributed by atoms with E-state index >= 15 is 0 Å². The number of hydrogen-bond acceptors (Lipinski definition) is 2. The molecule has 0 bridgehead atoms. The van der Waals surface area contributed by atoms with Crippen molar-refractivity contribution < 1.29 is 9.53 Å². The summed E-state index contributed by atoms with van der Waals surface area (Å²) in [5.74, 6) is 0.702. The summed E-state index contributed by atoms with van der Waals surface area (Å²) < 4.78 is 5.20. The fraction of sp³-hybridized carbons (Fsp3) is 0.364. The highest BCUT2D eigenvalue weighted by atomic mass is 16.5. The maximum atomic E-state index is 11.4. The van der Waals surface area contributed by atoms with Crippen LogP contribution in [-0.4, -0.2) is 5.97 Å². The van der Waals surface area contributed by atoms with Crippen LogP contribution in [0.1, 0.15) is 18.9 Å². The van der Waals surface area contributed by atoms with Crippen LogP contribution in [0.3, 0.4) is 0 Å². The smallest absolute Gasteiger partial charge is 0.314 e. The third-order valence-electron chi connectivity index (χ3n) is 2.48. The van der Waals surface area contributed by atoms with Gasteiger partial charge in [-0.2, -0.15) is 0 Å². The summed E-state index contributed by atoms with van der Waals surface area (Å²) in [4.78, 5) is 11.4. The first-order chi connectivity index (χ1) is 6.31. The molecule has 1 aliphatic heterocycles. The Morgan fingerprint density at radius 3 is 3.00 bits per heavy atom. The first-order valence-corrected chi connectivity index (χ1v) is 4.61. The van der Waals surface area contributed by atoms with E-state index in [0.717, 1.165) is 24.2 Å². The third-order valence-corrected chi connectivity index (χ3v) is 2.48. The molecule has 1 atom stereocenters. The summed E-state index contributed by atoms with van der Waals surface area (Å²) in [7, 11) is 0. The topological polar surface area (TPSA) is 26.3 Å². The lowest BCUT2D eigenvalue weighted by molar-refractivity contribution is -0.140. The highest BCUT2D eigenvalue weighted by molar-refractivity contribution is 5.77. The van der Waals surface area contributed by atoms with E-state index in [9.17, 15) is 4.79 Å². The van der Waals surface area contributed by atoms with Crippen molar-refractivity contribution in [1.29, 1.82) is 0 Å². The SMILES string of the molecule is CC[C@H]1Cc2ccccc2OC1=O. The largest absolute Gasteiger partial charge is 0.426 e. The predicted molar refractivity (Wildman–Crippen MR) is 49.6 cm³/mol. The second-order valence-corrected chi connectivity index (χ2v) is 3.34. The number of para-hydroxylation sites is 1. The maximum absolute atomic E-state index is 11.4. The molecular weight excluding hydrogens is 164 g/mol. The fourth-order valence-corrected chi connectivity index (χ4v) is 1.62. The molecule has 0 N–H and O–H groups in total. The van der Waals surface area contributed by atoms with E-state index in [2.05, 4.69) is 0 Å². The van der Waals surface area contributed by atoms with Gasteiger partial charge < -0.3 is 4.74 Å². The van der Waals surface area contributed by atoms with Gasteiger partial charge in [0, 0.05) is 0 Å². The molecule has 1 heterocycles. The van der Waals surface area contributed by atoms with E-state index in [1.54, 1.807) is 0 Å². The van der Waals surface area contributed by atoms with Crippen molar-refractivity contribution in [3.05, 3.63) is 29.8 Å². The van der Waals surface area contributed by atoms with Crippen LogP contribution in [0.5, 0.6) is 5.75 Å². The first kappa shape index (κ1) is 8.30. The molecule has 68 valence electrons. The molecule has 1 aromatic carbocycles. The molecule has 0 aromatic heterocycles. The van der Waals surface area contributed by atoms with Gasteiger partial charge in [0.15, 0.2) is 0 Å². The van der Waals surface area contributed by atoms with Gasteiger partial charge in [0.25, 0.3) is 0 Å². The molecule has 2 heteroatoms. The van der Waals surface area contributed by atoms with Gasteiger partial charge in [0.1, 0.15) is 5.75 Å². The molecule has 0 radical (unpaired) electrons. The number of esters is 1. The van der Waals surface area contributed by atoms with E-state index in [1.807, 2.05) is 31.2 Å². The number of rotatable bonds is 1. The molecule has 1 aliphatic rings. The van der Waals surface area contributed by atoms with Crippen molar-refractivity contribution in [2.24, 2.45) is 5.92 Å². The van der Waals surface area contributed by atoms with Crippen molar-refractivity contribution in [3.8, 4) is 5.75 Å². The molecule has 0 spiro atoms. The molecule has 0 fully saturated rings. The van der Waals surface area contributed by atoms with Gasteiger partial charge >= 0.3 is 5.97 Å². The Kier molecular flexibility index (Phi) is 2.05. The lowest BCUT2D eigenvalue weighted by Gasteiger charge is -2.21. The molecule has 0 saturated carbocycles. The van der Waals surface area contributed by atoms with Crippen LogP contribution >= 0.6 is 0 Å². The summed E-state index contributed by atoms with van der Waals surface area (Å²) in [6, 6.07) is 7.73.